The lowest BCUT2D eigenvalue weighted by atomic mass is 10.2. The summed E-state index contributed by atoms with van der Waals surface area (Å²) in [6.07, 6.45) is -0.283. The molecule has 58 valence electrons. The summed E-state index contributed by atoms with van der Waals surface area (Å²) in [4.78, 5) is 0. The number of rotatable bonds is 2. The van der Waals surface area contributed by atoms with Crippen LogP contribution in [0.15, 0.2) is 0 Å². The third-order valence-electron chi connectivity index (χ3n) is 1.92. The quantitative estimate of drug-likeness (QED) is 0.514. The van der Waals surface area contributed by atoms with Crippen LogP contribution in [0.3, 0.4) is 0 Å². The molecule has 0 aliphatic carbocycles. The Balaban J connectivity index is 1.95. The number of hydrogen-bond donors (Lipinski definition) is 1. The molecule has 0 amide bonds. The monoisotopic (exact) mass is 146 g/mol. The van der Waals surface area contributed by atoms with Gasteiger partial charge in [-0.25, -0.2) is 0 Å². The van der Waals surface area contributed by atoms with Gasteiger partial charge in [-0.2, -0.15) is 0 Å². The van der Waals surface area contributed by atoms with E-state index in [1.54, 1.807) is 7.11 Å². The molecule has 4 atom stereocenters. The highest BCUT2D eigenvalue weighted by Crippen LogP contribution is 2.38. The van der Waals surface area contributed by atoms with Gasteiger partial charge < -0.3 is 19.3 Å². The van der Waals surface area contributed by atoms with E-state index in [2.05, 4.69) is 0 Å². The summed E-state index contributed by atoms with van der Waals surface area (Å²) in [5.74, 6) is 0. The molecule has 2 rings (SSSR count). The van der Waals surface area contributed by atoms with E-state index in [0.29, 0.717) is 0 Å². The van der Waals surface area contributed by atoms with Crippen LogP contribution in [-0.2, 0) is 14.2 Å². The van der Waals surface area contributed by atoms with Crippen molar-refractivity contribution in [3.8, 4) is 0 Å². The standard InChI is InChI=1S/C6H10O4/c1-8-6-5-4(10-5)3(2-7)9-6/h3-7H,2H2,1H3/t3-,4-,5+,6+/m0/s1. The second-order valence-electron chi connectivity index (χ2n) is 2.53. The molecule has 2 aliphatic rings. The predicted octanol–water partition coefficient (Wildman–Crippen LogP) is -0.883. The molecule has 4 heteroatoms. The van der Waals surface area contributed by atoms with Crippen LogP contribution in [0.1, 0.15) is 0 Å². The van der Waals surface area contributed by atoms with Crippen molar-refractivity contribution >= 4 is 0 Å². The molecular weight excluding hydrogens is 136 g/mol. The molecule has 4 nitrogen and oxygen atoms in total. The summed E-state index contributed by atoms with van der Waals surface area (Å²) in [6, 6.07) is 0. The van der Waals surface area contributed by atoms with Crippen LogP contribution >= 0.6 is 0 Å². The molecule has 10 heavy (non-hydrogen) atoms. The van der Waals surface area contributed by atoms with Crippen LogP contribution < -0.4 is 0 Å². The van der Waals surface area contributed by atoms with E-state index in [0.717, 1.165) is 0 Å². The molecule has 0 unspecified atom stereocenters. The maximum absolute atomic E-state index is 8.72. The van der Waals surface area contributed by atoms with E-state index >= 15 is 0 Å². The van der Waals surface area contributed by atoms with Crippen LogP contribution in [0.25, 0.3) is 0 Å². The van der Waals surface area contributed by atoms with Crippen molar-refractivity contribution < 1.29 is 19.3 Å². The molecule has 2 fully saturated rings. The smallest absolute Gasteiger partial charge is 0.186 e. The summed E-state index contributed by atoms with van der Waals surface area (Å²) in [7, 11) is 1.57. The van der Waals surface area contributed by atoms with Gasteiger partial charge in [0.1, 0.15) is 18.3 Å². The SMILES string of the molecule is CO[C@@H]1O[C@@H](CO)[C@@H]2O[C@@H]12. The molecule has 2 aliphatic heterocycles. The van der Waals surface area contributed by atoms with Gasteiger partial charge in [0.15, 0.2) is 6.29 Å². The Kier molecular flexibility index (Phi) is 1.42. The third-order valence-corrected chi connectivity index (χ3v) is 1.92. The fraction of sp³-hybridized carbons (Fsp3) is 1.00. The highest BCUT2D eigenvalue weighted by molar-refractivity contribution is 4.99. The summed E-state index contributed by atoms with van der Waals surface area (Å²) in [5, 5.41) is 8.72. The van der Waals surface area contributed by atoms with Gasteiger partial charge in [-0.1, -0.05) is 0 Å². The number of aliphatic hydroxyl groups excluding tert-OH is 1. The fourth-order valence-electron chi connectivity index (χ4n) is 1.32. The van der Waals surface area contributed by atoms with Gasteiger partial charge in [0.05, 0.1) is 6.61 Å². The van der Waals surface area contributed by atoms with Gasteiger partial charge in [-0.05, 0) is 0 Å². The predicted molar refractivity (Wildman–Crippen MR) is 31.4 cm³/mol. The third kappa shape index (κ3) is 0.769. The number of aliphatic hydroxyl groups is 1. The Labute approximate surface area is 58.7 Å². The molecule has 2 heterocycles. The van der Waals surface area contributed by atoms with Crippen LogP contribution in [0.5, 0.6) is 0 Å². The highest BCUT2D eigenvalue weighted by atomic mass is 16.8. The van der Waals surface area contributed by atoms with Crippen molar-refractivity contribution in [3.05, 3.63) is 0 Å². The van der Waals surface area contributed by atoms with Gasteiger partial charge in [0.2, 0.25) is 0 Å². The van der Waals surface area contributed by atoms with Crippen molar-refractivity contribution in [3.63, 3.8) is 0 Å². The molecule has 0 aromatic rings. The average Bonchev–Trinajstić information content (AvgIpc) is 2.67. The van der Waals surface area contributed by atoms with Gasteiger partial charge >= 0.3 is 0 Å². The summed E-state index contributed by atoms with van der Waals surface area (Å²) < 4.78 is 15.3. The first-order chi connectivity index (χ1) is 4.86. The van der Waals surface area contributed by atoms with Crippen LogP contribution in [0.2, 0.25) is 0 Å². The van der Waals surface area contributed by atoms with Crippen molar-refractivity contribution in [2.45, 2.75) is 24.6 Å². The highest BCUT2D eigenvalue weighted by Gasteiger charge is 2.58. The summed E-state index contributed by atoms with van der Waals surface area (Å²) in [6.45, 7) is 0.0149. The number of hydrogen-bond acceptors (Lipinski definition) is 4. The van der Waals surface area contributed by atoms with Crippen molar-refractivity contribution in [1.29, 1.82) is 0 Å². The van der Waals surface area contributed by atoms with Crippen LogP contribution in [0, 0.1) is 0 Å². The average molecular weight is 146 g/mol. The zero-order chi connectivity index (χ0) is 7.14. The Morgan fingerprint density at radius 1 is 1.40 bits per heavy atom. The van der Waals surface area contributed by atoms with Gasteiger partial charge in [-0.15, -0.1) is 0 Å². The molecule has 0 radical (unpaired) electrons. The van der Waals surface area contributed by atoms with E-state index in [9.17, 15) is 0 Å². The lowest BCUT2D eigenvalue weighted by Crippen LogP contribution is -2.23. The first-order valence-corrected chi connectivity index (χ1v) is 3.31. The Bertz CT molecular complexity index is 124. The van der Waals surface area contributed by atoms with Crippen LogP contribution in [-0.4, -0.2) is 43.4 Å². The minimum absolute atomic E-state index is 0.0149. The molecule has 0 aromatic carbocycles. The second-order valence-corrected chi connectivity index (χ2v) is 2.53. The Hall–Kier alpha value is -0.160. The van der Waals surface area contributed by atoms with Crippen molar-refractivity contribution in [2.75, 3.05) is 13.7 Å². The molecule has 0 saturated carbocycles. The lowest BCUT2D eigenvalue weighted by Gasteiger charge is -2.13. The van der Waals surface area contributed by atoms with E-state index in [4.69, 9.17) is 19.3 Å². The van der Waals surface area contributed by atoms with Crippen molar-refractivity contribution in [1.82, 2.24) is 0 Å². The number of fused-ring (bicyclic) bond motifs is 1. The van der Waals surface area contributed by atoms with Gasteiger partial charge in [0, 0.05) is 7.11 Å². The van der Waals surface area contributed by atoms with E-state index in [1.807, 2.05) is 0 Å². The van der Waals surface area contributed by atoms with Gasteiger partial charge in [0.25, 0.3) is 0 Å². The minimum atomic E-state index is -0.262. The first kappa shape index (κ1) is 6.54. The van der Waals surface area contributed by atoms with E-state index in [1.165, 1.54) is 0 Å². The maximum Gasteiger partial charge on any atom is 0.186 e. The molecule has 2 saturated heterocycles. The normalized spacial score (nSPS) is 51.0. The molecule has 0 aromatic heterocycles. The Morgan fingerprint density at radius 2 is 2.20 bits per heavy atom. The molecule has 1 N–H and O–H groups in total. The number of methoxy groups -OCH3 is 1. The molecule has 0 spiro atoms. The maximum atomic E-state index is 8.72. The minimum Gasteiger partial charge on any atom is -0.394 e. The lowest BCUT2D eigenvalue weighted by molar-refractivity contribution is -0.166. The zero-order valence-electron chi connectivity index (χ0n) is 5.69. The molecule has 0 bridgehead atoms. The zero-order valence-corrected chi connectivity index (χ0v) is 5.69. The van der Waals surface area contributed by atoms with Crippen molar-refractivity contribution in [2.24, 2.45) is 0 Å². The first-order valence-electron chi connectivity index (χ1n) is 3.31. The second kappa shape index (κ2) is 2.17. The summed E-state index contributed by atoms with van der Waals surface area (Å²) >= 11 is 0. The van der Waals surface area contributed by atoms with E-state index < -0.39 is 0 Å². The Morgan fingerprint density at radius 3 is 2.60 bits per heavy atom. The summed E-state index contributed by atoms with van der Waals surface area (Å²) in [5.41, 5.74) is 0. The topological polar surface area (TPSA) is 51.2 Å². The van der Waals surface area contributed by atoms with E-state index in [-0.39, 0.29) is 31.2 Å². The van der Waals surface area contributed by atoms with Crippen LogP contribution in [0.4, 0.5) is 0 Å². The largest absolute Gasteiger partial charge is 0.394 e. The fourth-order valence-corrected chi connectivity index (χ4v) is 1.32. The number of ether oxygens (including phenoxy) is 3. The van der Waals surface area contributed by atoms with Gasteiger partial charge in [-0.3, -0.25) is 0 Å². The molecular formula is C6H10O4. The number of epoxide rings is 1.